The number of benzene rings is 1. The maximum Gasteiger partial charge on any atom is 0.329 e. The van der Waals surface area contributed by atoms with Crippen molar-refractivity contribution in [3.05, 3.63) is 29.8 Å². The van der Waals surface area contributed by atoms with Crippen LogP contribution in [0.4, 0.5) is 5.69 Å². The summed E-state index contributed by atoms with van der Waals surface area (Å²) in [5, 5.41) is 0. The number of fused-ring (bicyclic) bond motifs is 2. The van der Waals surface area contributed by atoms with Crippen LogP contribution in [0.2, 0.25) is 0 Å². The molecule has 3 heterocycles. The largest absolute Gasteiger partial charge is 0.464 e. The number of anilines is 1. The van der Waals surface area contributed by atoms with Crippen LogP contribution in [0.5, 0.6) is 0 Å². The van der Waals surface area contributed by atoms with Crippen molar-refractivity contribution in [3.8, 4) is 0 Å². The highest BCUT2D eigenvalue weighted by molar-refractivity contribution is 6.10. The fourth-order valence-electron chi connectivity index (χ4n) is 3.35. The highest BCUT2D eigenvalue weighted by Gasteiger charge is 2.61. The van der Waals surface area contributed by atoms with E-state index in [9.17, 15) is 9.59 Å². The van der Waals surface area contributed by atoms with Gasteiger partial charge >= 0.3 is 5.97 Å². The van der Waals surface area contributed by atoms with Crippen molar-refractivity contribution in [2.75, 3.05) is 11.5 Å². The number of hydrogen-bond acceptors (Lipinski definition) is 5. The predicted octanol–water partition coefficient (Wildman–Crippen LogP) is 1.33. The Hall–Kier alpha value is -1.92. The summed E-state index contributed by atoms with van der Waals surface area (Å²) >= 11 is 0. The average molecular weight is 303 g/mol. The minimum atomic E-state index is -1.43. The third-order valence-corrected chi connectivity index (χ3v) is 4.60. The fourth-order valence-corrected chi connectivity index (χ4v) is 3.35. The van der Waals surface area contributed by atoms with E-state index in [2.05, 4.69) is 0 Å². The molecule has 3 aliphatic heterocycles. The minimum absolute atomic E-state index is 0.201. The number of hydrogen-bond donors (Lipinski definition) is 0. The fraction of sp³-hybridized carbons (Fsp3) is 0.500. The smallest absolute Gasteiger partial charge is 0.329 e. The van der Waals surface area contributed by atoms with Crippen molar-refractivity contribution in [1.29, 1.82) is 0 Å². The Morgan fingerprint density at radius 1 is 1.14 bits per heavy atom. The molecule has 0 N–H and O–H groups in total. The molecule has 6 nitrogen and oxygen atoms in total. The van der Waals surface area contributed by atoms with Crippen LogP contribution >= 0.6 is 0 Å². The van der Waals surface area contributed by atoms with E-state index >= 15 is 0 Å². The Morgan fingerprint density at radius 3 is 2.45 bits per heavy atom. The first kappa shape index (κ1) is 13.7. The summed E-state index contributed by atoms with van der Waals surface area (Å²) < 4.78 is 16.9. The van der Waals surface area contributed by atoms with E-state index in [1.165, 1.54) is 4.90 Å². The summed E-state index contributed by atoms with van der Waals surface area (Å²) in [4.78, 5) is 26.5. The van der Waals surface area contributed by atoms with Crippen LogP contribution in [0.3, 0.4) is 0 Å². The second-order valence-corrected chi connectivity index (χ2v) is 5.93. The second kappa shape index (κ2) is 4.54. The number of cyclic esters (lactones) is 1. The van der Waals surface area contributed by atoms with Gasteiger partial charge in [-0.05, 0) is 19.9 Å². The molecule has 0 unspecified atom stereocenters. The summed E-state index contributed by atoms with van der Waals surface area (Å²) in [5.41, 5.74) is 1.33. The van der Waals surface area contributed by atoms with Gasteiger partial charge in [-0.3, -0.25) is 9.69 Å². The second-order valence-electron chi connectivity index (χ2n) is 5.93. The molecule has 1 aromatic rings. The summed E-state index contributed by atoms with van der Waals surface area (Å²) in [6, 6.07) is 6.70. The van der Waals surface area contributed by atoms with Gasteiger partial charge in [0, 0.05) is 12.0 Å². The zero-order chi connectivity index (χ0) is 15.5. The summed E-state index contributed by atoms with van der Waals surface area (Å²) in [6.45, 7) is 4.08. The quantitative estimate of drug-likeness (QED) is 0.732. The molecule has 1 aromatic carbocycles. The van der Waals surface area contributed by atoms with Crippen molar-refractivity contribution in [3.63, 3.8) is 0 Å². The molecule has 22 heavy (non-hydrogen) atoms. The predicted molar refractivity (Wildman–Crippen MR) is 76.1 cm³/mol. The number of carbonyl (C=O) groups is 2. The highest BCUT2D eigenvalue weighted by atomic mass is 16.8. The lowest BCUT2D eigenvalue weighted by Gasteiger charge is -2.25. The van der Waals surface area contributed by atoms with Crippen LogP contribution in [-0.2, 0) is 29.6 Å². The highest BCUT2D eigenvalue weighted by Crippen LogP contribution is 2.49. The molecule has 116 valence electrons. The van der Waals surface area contributed by atoms with Gasteiger partial charge in [0.25, 0.3) is 11.7 Å². The van der Waals surface area contributed by atoms with Gasteiger partial charge in [0.05, 0.1) is 24.5 Å². The molecule has 0 aliphatic carbocycles. The van der Waals surface area contributed by atoms with E-state index in [0.717, 1.165) is 0 Å². The molecular weight excluding hydrogens is 286 g/mol. The van der Waals surface area contributed by atoms with Crippen LogP contribution < -0.4 is 4.90 Å². The normalized spacial score (nSPS) is 32.6. The monoisotopic (exact) mass is 303 g/mol. The number of nitrogens with zero attached hydrogens (tertiary/aromatic N) is 1. The zero-order valence-electron chi connectivity index (χ0n) is 12.4. The van der Waals surface area contributed by atoms with Crippen LogP contribution in [0.15, 0.2) is 24.3 Å². The molecule has 1 spiro atoms. The minimum Gasteiger partial charge on any atom is -0.464 e. The number of esters is 1. The Bertz CT molecular complexity index is 648. The van der Waals surface area contributed by atoms with E-state index in [1.807, 2.05) is 38.1 Å². The number of ether oxygens (including phenoxy) is 3. The lowest BCUT2D eigenvalue weighted by molar-refractivity contribution is -0.189. The lowest BCUT2D eigenvalue weighted by atomic mass is 10.1. The zero-order valence-corrected chi connectivity index (χ0v) is 12.4. The van der Waals surface area contributed by atoms with Crippen LogP contribution in [0.25, 0.3) is 0 Å². The van der Waals surface area contributed by atoms with Crippen molar-refractivity contribution in [2.45, 2.75) is 44.3 Å². The molecular formula is C16H17NO5. The van der Waals surface area contributed by atoms with Crippen LogP contribution in [-0.4, -0.2) is 36.7 Å². The number of para-hydroxylation sites is 1. The topological polar surface area (TPSA) is 65.1 Å². The number of carbonyl (C=O) groups excluding carboxylic acids is 2. The first-order chi connectivity index (χ1) is 10.5. The molecule has 3 atom stereocenters. The molecule has 0 aromatic heterocycles. The number of rotatable bonds is 1. The van der Waals surface area contributed by atoms with Crippen LogP contribution in [0.1, 0.15) is 25.8 Å². The molecule has 0 saturated carbocycles. The van der Waals surface area contributed by atoms with Gasteiger partial charge in [0.1, 0.15) is 6.04 Å². The Balaban J connectivity index is 1.84. The van der Waals surface area contributed by atoms with E-state index in [4.69, 9.17) is 14.2 Å². The van der Waals surface area contributed by atoms with E-state index in [-0.39, 0.29) is 24.1 Å². The summed E-state index contributed by atoms with van der Waals surface area (Å²) in [5.74, 6) is -2.15. The maximum atomic E-state index is 13.1. The molecule has 2 fully saturated rings. The van der Waals surface area contributed by atoms with Crippen molar-refractivity contribution in [1.82, 2.24) is 0 Å². The van der Waals surface area contributed by atoms with Gasteiger partial charge in [-0.25, -0.2) is 4.79 Å². The standard InChI is InChI=1S/C16H17NO5/c1-9-10(2)22-16(21-9)11-5-3-4-6-12(11)17(15(16)19)13-7-8-20-14(13)18/h3-6,9-10,13H,7-8H2,1-2H3/t9-,10-,13+/m0/s1. The Labute approximate surface area is 127 Å². The van der Waals surface area contributed by atoms with Gasteiger partial charge < -0.3 is 14.2 Å². The first-order valence-corrected chi connectivity index (χ1v) is 7.50. The van der Waals surface area contributed by atoms with E-state index in [0.29, 0.717) is 24.3 Å². The van der Waals surface area contributed by atoms with Crippen molar-refractivity contribution in [2.24, 2.45) is 0 Å². The Morgan fingerprint density at radius 2 is 1.82 bits per heavy atom. The summed E-state index contributed by atoms with van der Waals surface area (Å²) in [7, 11) is 0. The molecule has 4 rings (SSSR count). The molecule has 0 radical (unpaired) electrons. The van der Waals surface area contributed by atoms with Gasteiger partial charge in [0.15, 0.2) is 0 Å². The third kappa shape index (κ3) is 1.62. The molecule has 0 bridgehead atoms. The SMILES string of the molecule is C[C@@H]1OC2(O[C@H]1C)C(=O)N([C@@H]1CCOC1=O)c1ccccc12. The molecule has 6 heteroatoms. The van der Waals surface area contributed by atoms with E-state index < -0.39 is 11.8 Å². The average Bonchev–Trinajstić information content (AvgIpc) is 3.11. The van der Waals surface area contributed by atoms with E-state index in [1.54, 1.807) is 0 Å². The molecule has 2 saturated heterocycles. The van der Waals surface area contributed by atoms with Crippen molar-refractivity contribution >= 4 is 17.6 Å². The lowest BCUT2D eigenvalue weighted by Crippen LogP contribution is -2.47. The number of amides is 1. The van der Waals surface area contributed by atoms with Gasteiger partial charge in [0.2, 0.25) is 0 Å². The Kier molecular flexibility index (Phi) is 2.83. The third-order valence-electron chi connectivity index (χ3n) is 4.60. The molecule has 1 amide bonds. The van der Waals surface area contributed by atoms with Gasteiger partial charge in [-0.1, -0.05) is 18.2 Å². The van der Waals surface area contributed by atoms with Crippen molar-refractivity contribution < 1.29 is 23.8 Å². The van der Waals surface area contributed by atoms with Gasteiger partial charge in [-0.2, -0.15) is 0 Å². The molecule has 3 aliphatic rings. The maximum absolute atomic E-state index is 13.1. The summed E-state index contributed by atoms with van der Waals surface area (Å²) in [6.07, 6.45) is 0.0834. The first-order valence-electron chi connectivity index (χ1n) is 7.50. The van der Waals surface area contributed by atoms with Gasteiger partial charge in [-0.15, -0.1) is 0 Å². The van der Waals surface area contributed by atoms with Crippen LogP contribution in [0, 0.1) is 0 Å².